The minimum atomic E-state index is 0.774. The molecule has 2 fully saturated rings. The van der Waals surface area contributed by atoms with E-state index in [4.69, 9.17) is 0 Å². The van der Waals surface area contributed by atoms with Gasteiger partial charge in [0.2, 0.25) is 0 Å². The van der Waals surface area contributed by atoms with Gasteiger partial charge in [-0.3, -0.25) is 4.98 Å². The van der Waals surface area contributed by atoms with Gasteiger partial charge in [0, 0.05) is 38.1 Å². The zero-order valence-corrected chi connectivity index (χ0v) is 12.5. The summed E-state index contributed by atoms with van der Waals surface area (Å²) < 4.78 is 0. The fourth-order valence-corrected chi connectivity index (χ4v) is 3.64. The number of nitrogens with zero attached hydrogens (tertiary/aromatic N) is 4. The maximum Gasteiger partial charge on any atom is 0.147 e. The van der Waals surface area contributed by atoms with E-state index in [0.29, 0.717) is 0 Å². The second-order valence-corrected chi connectivity index (χ2v) is 6.36. The Balaban J connectivity index is 1.58. The molecule has 0 amide bonds. The first-order chi connectivity index (χ1) is 9.83. The van der Waals surface area contributed by atoms with Gasteiger partial charge in [-0.2, -0.15) is 0 Å². The Hall–Kier alpha value is -1.16. The van der Waals surface area contributed by atoms with Gasteiger partial charge in [0.25, 0.3) is 0 Å². The third kappa shape index (κ3) is 3.29. The fraction of sp³-hybridized carbons (Fsp3) is 0.750. The van der Waals surface area contributed by atoms with Crippen LogP contribution in [0.4, 0.5) is 5.82 Å². The predicted molar refractivity (Wildman–Crippen MR) is 81.9 cm³/mol. The van der Waals surface area contributed by atoms with Crippen LogP contribution in [0.5, 0.6) is 0 Å². The Morgan fingerprint density at radius 2 is 2.10 bits per heavy atom. The van der Waals surface area contributed by atoms with E-state index in [1.165, 1.54) is 45.2 Å². The third-order valence-corrected chi connectivity index (χ3v) is 4.83. The minimum absolute atomic E-state index is 0.774. The average molecular weight is 274 g/mol. The molecule has 0 N–H and O–H groups in total. The molecule has 2 aliphatic heterocycles. The quantitative estimate of drug-likeness (QED) is 0.848. The van der Waals surface area contributed by atoms with Gasteiger partial charge in [0.15, 0.2) is 0 Å². The monoisotopic (exact) mass is 274 g/mol. The van der Waals surface area contributed by atoms with Crippen molar-refractivity contribution in [3.05, 3.63) is 18.6 Å². The lowest BCUT2D eigenvalue weighted by molar-refractivity contribution is 0.130. The Bertz CT molecular complexity index is 408. The Kier molecular flexibility index (Phi) is 4.51. The number of rotatable bonds is 3. The first-order valence-electron chi connectivity index (χ1n) is 8.08. The molecule has 0 radical (unpaired) electrons. The van der Waals surface area contributed by atoms with Gasteiger partial charge in [0.05, 0.1) is 6.20 Å². The summed E-state index contributed by atoms with van der Waals surface area (Å²) in [7, 11) is 0. The maximum absolute atomic E-state index is 4.45. The SMILES string of the molecule is C[C@H]1CCCCN1C[C@@H]1CCCN(c2cnccn2)C1. The molecular formula is C16H26N4. The average Bonchev–Trinajstić information content (AvgIpc) is 2.51. The molecule has 0 aromatic carbocycles. The van der Waals surface area contributed by atoms with Crippen molar-refractivity contribution in [3.8, 4) is 0 Å². The lowest BCUT2D eigenvalue weighted by Gasteiger charge is -2.39. The Morgan fingerprint density at radius 3 is 2.90 bits per heavy atom. The number of hydrogen-bond donors (Lipinski definition) is 0. The molecule has 0 spiro atoms. The highest BCUT2D eigenvalue weighted by Gasteiger charge is 2.26. The zero-order valence-electron chi connectivity index (χ0n) is 12.5. The molecule has 0 bridgehead atoms. The van der Waals surface area contributed by atoms with Crippen LogP contribution in [0.3, 0.4) is 0 Å². The van der Waals surface area contributed by atoms with E-state index in [2.05, 4.69) is 26.7 Å². The Morgan fingerprint density at radius 1 is 1.15 bits per heavy atom. The van der Waals surface area contributed by atoms with Crippen LogP contribution < -0.4 is 4.90 Å². The van der Waals surface area contributed by atoms with Crippen LogP contribution in [0.2, 0.25) is 0 Å². The van der Waals surface area contributed by atoms with Gasteiger partial charge in [0.1, 0.15) is 5.82 Å². The molecule has 4 heteroatoms. The topological polar surface area (TPSA) is 32.3 Å². The third-order valence-electron chi connectivity index (χ3n) is 4.83. The number of piperidine rings is 2. The predicted octanol–water partition coefficient (Wildman–Crippen LogP) is 2.57. The number of aromatic nitrogens is 2. The van der Waals surface area contributed by atoms with Crippen LogP contribution in [0.25, 0.3) is 0 Å². The summed E-state index contributed by atoms with van der Waals surface area (Å²) in [6.45, 7) is 7.22. The molecular weight excluding hydrogens is 248 g/mol. The van der Waals surface area contributed by atoms with Crippen molar-refractivity contribution in [2.24, 2.45) is 5.92 Å². The van der Waals surface area contributed by atoms with E-state index in [0.717, 1.165) is 30.9 Å². The van der Waals surface area contributed by atoms with Gasteiger partial charge in [-0.1, -0.05) is 6.42 Å². The molecule has 1 aromatic heterocycles. The van der Waals surface area contributed by atoms with Crippen molar-refractivity contribution < 1.29 is 0 Å². The summed E-state index contributed by atoms with van der Waals surface area (Å²) in [5.74, 6) is 1.83. The van der Waals surface area contributed by atoms with Crippen molar-refractivity contribution in [1.82, 2.24) is 14.9 Å². The van der Waals surface area contributed by atoms with Crippen molar-refractivity contribution in [1.29, 1.82) is 0 Å². The summed E-state index contributed by atoms with van der Waals surface area (Å²) in [6.07, 6.45) is 12.3. The smallest absolute Gasteiger partial charge is 0.147 e. The molecule has 2 saturated heterocycles. The van der Waals surface area contributed by atoms with Crippen molar-refractivity contribution >= 4 is 5.82 Å². The molecule has 1 aromatic rings. The molecule has 0 aliphatic carbocycles. The van der Waals surface area contributed by atoms with E-state index in [9.17, 15) is 0 Å². The van der Waals surface area contributed by atoms with Crippen LogP contribution in [0.15, 0.2) is 18.6 Å². The Labute approximate surface area is 122 Å². The van der Waals surface area contributed by atoms with Crippen LogP contribution >= 0.6 is 0 Å². The van der Waals surface area contributed by atoms with Gasteiger partial charge in [-0.25, -0.2) is 4.98 Å². The summed E-state index contributed by atoms with van der Waals surface area (Å²) in [5, 5.41) is 0. The van der Waals surface area contributed by atoms with Gasteiger partial charge in [-0.15, -0.1) is 0 Å². The first-order valence-corrected chi connectivity index (χ1v) is 8.08. The van der Waals surface area contributed by atoms with Gasteiger partial charge in [-0.05, 0) is 45.1 Å². The zero-order chi connectivity index (χ0) is 13.8. The van der Waals surface area contributed by atoms with Gasteiger partial charge >= 0.3 is 0 Å². The van der Waals surface area contributed by atoms with Crippen LogP contribution in [-0.4, -0.2) is 47.1 Å². The summed E-state index contributed by atoms with van der Waals surface area (Å²) in [6, 6.07) is 0.774. The molecule has 2 aliphatic rings. The van der Waals surface area contributed by atoms with Crippen molar-refractivity contribution in [2.75, 3.05) is 31.1 Å². The number of hydrogen-bond acceptors (Lipinski definition) is 4. The number of likely N-dealkylation sites (tertiary alicyclic amines) is 1. The minimum Gasteiger partial charge on any atom is -0.355 e. The maximum atomic E-state index is 4.45. The highest BCUT2D eigenvalue weighted by molar-refractivity contribution is 5.35. The van der Waals surface area contributed by atoms with Crippen LogP contribution in [0.1, 0.15) is 39.0 Å². The molecule has 2 atom stereocenters. The molecule has 0 unspecified atom stereocenters. The van der Waals surface area contributed by atoms with Crippen molar-refractivity contribution in [2.45, 2.75) is 45.1 Å². The molecule has 4 nitrogen and oxygen atoms in total. The molecule has 20 heavy (non-hydrogen) atoms. The summed E-state index contributed by atoms with van der Waals surface area (Å²) in [4.78, 5) is 13.8. The highest BCUT2D eigenvalue weighted by Crippen LogP contribution is 2.24. The number of anilines is 1. The highest BCUT2D eigenvalue weighted by atomic mass is 15.2. The van der Waals surface area contributed by atoms with Crippen LogP contribution in [-0.2, 0) is 0 Å². The fourth-order valence-electron chi connectivity index (χ4n) is 3.64. The van der Waals surface area contributed by atoms with E-state index in [-0.39, 0.29) is 0 Å². The standard InChI is InChI=1S/C16H26N4/c1-14-5-2-3-9-19(14)12-15-6-4-10-20(13-15)16-11-17-7-8-18-16/h7-8,11,14-15H,2-6,9-10,12-13H2,1H3/t14-,15-/m0/s1. The van der Waals surface area contributed by atoms with Gasteiger partial charge < -0.3 is 9.80 Å². The lowest BCUT2D eigenvalue weighted by Crippen LogP contribution is -2.45. The van der Waals surface area contributed by atoms with Crippen molar-refractivity contribution in [3.63, 3.8) is 0 Å². The molecule has 110 valence electrons. The first kappa shape index (κ1) is 13.8. The van der Waals surface area contributed by atoms with E-state index in [1.54, 1.807) is 12.4 Å². The van der Waals surface area contributed by atoms with Crippen LogP contribution in [0, 0.1) is 5.92 Å². The molecule has 3 heterocycles. The summed E-state index contributed by atoms with van der Waals surface area (Å²) in [5.41, 5.74) is 0. The second kappa shape index (κ2) is 6.53. The lowest BCUT2D eigenvalue weighted by atomic mass is 9.95. The largest absolute Gasteiger partial charge is 0.355 e. The van der Waals surface area contributed by atoms with E-state index < -0.39 is 0 Å². The molecule has 3 rings (SSSR count). The van der Waals surface area contributed by atoms with E-state index >= 15 is 0 Å². The van der Waals surface area contributed by atoms with E-state index in [1.807, 2.05) is 6.20 Å². The summed E-state index contributed by atoms with van der Waals surface area (Å²) >= 11 is 0. The normalized spacial score (nSPS) is 28.6. The second-order valence-electron chi connectivity index (χ2n) is 6.36. The molecule has 0 saturated carbocycles.